The number of nitrogens with zero attached hydrogens (tertiary/aromatic N) is 2. The first-order valence-electron chi connectivity index (χ1n) is 5.65. The van der Waals surface area contributed by atoms with Gasteiger partial charge in [0.25, 0.3) is 5.56 Å². The largest absolute Gasteiger partial charge is 0.394 e. The first-order valence-corrected chi connectivity index (χ1v) is 5.65. The third-order valence-electron chi connectivity index (χ3n) is 3.12. The minimum Gasteiger partial charge on any atom is -0.394 e. The zero-order valence-corrected chi connectivity index (χ0v) is 10.1. The molecule has 8 nitrogen and oxygen atoms in total. The molecule has 2 heterocycles. The number of nitrogens with one attached hydrogen (secondary N) is 1. The number of rotatable bonds is 2. The SMILES string of the molecule is Cc1cn([C@@H]2O[C@H](CO)[C@@H](O)[C@H]2C#N)c(=O)[nH]c1=O. The van der Waals surface area contributed by atoms with Crippen LogP contribution in [0.3, 0.4) is 0 Å². The molecule has 1 aromatic heterocycles. The molecule has 102 valence electrons. The summed E-state index contributed by atoms with van der Waals surface area (Å²) in [6.07, 6.45) is -1.91. The Morgan fingerprint density at radius 1 is 1.58 bits per heavy atom. The van der Waals surface area contributed by atoms with Gasteiger partial charge in [-0.25, -0.2) is 4.79 Å². The summed E-state index contributed by atoms with van der Waals surface area (Å²) in [6.45, 7) is 1.04. The van der Waals surface area contributed by atoms with Crippen LogP contribution in [0, 0.1) is 24.2 Å². The second-order valence-electron chi connectivity index (χ2n) is 4.37. The molecule has 0 amide bonds. The number of hydrogen-bond acceptors (Lipinski definition) is 6. The zero-order chi connectivity index (χ0) is 14.2. The highest BCUT2D eigenvalue weighted by molar-refractivity contribution is 5.06. The van der Waals surface area contributed by atoms with Gasteiger partial charge in [0, 0.05) is 11.8 Å². The van der Waals surface area contributed by atoms with Crippen LogP contribution in [0.4, 0.5) is 0 Å². The lowest BCUT2D eigenvalue weighted by Gasteiger charge is -2.16. The molecule has 0 unspecified atom stereocenters. The maximum Gasteiger partial charge on any atom is 0.330 e. The molecular formula is C11H13N3O5. The van der Waals surface area contributed by atoms with Crippen molar-refractivity contribution in [2.45, 2.75) is 25.4 Å². The van der Waals surface area contributed by atoms with Crippen LogP contribution in [-0.4, -0.2) is 38.6 Å². The van der Waals surface area contributed by atoms with Crippen molar-refractivity contribution in [3.05, 3.63) is 32.6 Å². The summed E-state index contributed by atoms with van der Waals surface area (Å²) in [5.41, 5.74) is -0.972. The topological polar surface area (TPSA) is 128 Å². The van der Waals surface area contributed by atoms with E-state index in [0.29, 0.717) is 0 Å². The first kappa shape index (κ1) is 13.5. The van der Waals surface area contributed by atoms with Gasteiger partial charge in [0.05, 0.1) is 12.7 Å². The average molecular weight is 267 g/mol. The van der Waals surface area contributed by atoms with E-state index in [1.165, 1.54) is 13.1 Å². The Balaban J connectivity index is 2.48. The molecule has 1 aromatic rings. The van der Waals surface area contributed by atoms with Crippen molar-refractivity contribution in [1.29, 1.82) is 5.26 Å². The Hall–Kier alpha value is -1.95. The lowest BCUT2D eigenvalue weighted by Crippen LogP contribution is -2.35. The van der Waals surface area contributed by atoms with Crippen molar-refractivity contribution >= 4 is 0 Å². The number of aliphatic hydroxyl groups excluding tert-OH is 2. The van der Waals surface area contributed by atoms with E-state index in [1.54, 1.807) is 0 Å². The molecule has 1 aliphatic rings. The minimum absolute atomic E-state index is 0.279. The normalized spacial score (nSPS) is 30.2. The summed E-state index contributed by atoms with van der Waals surface area (Å²) in [4.78, 5) is 25.1. The van der Waals surface area contributed by atoms with Crippen LogP contribution in [0.25, 0.3) is 0 Å². The van der Waals surface area contributed by atoms with Gasteiger partial charge in [0.15, 0.2) is 6.23 Å². The molecule has 1 saturated heterocycles. The monoisotopic (exact) mass is 267 g/mol. The maximum absolute atomic E-state index is 11.7. The van der Waals surface area contributed by atoms with Crippen molar-refractivity contribution in [2.75, 3.05) is 6.61 Å². The van der Waals surface area contributed by atoms with Crippen LogP contribution in [0.1, 0.15) is 11.8 Å². The third-order valence-corrected chi connectivity index (χ3v) is 3.12. The van der Waals surface area contributed by atoms with Crippen LogP contribution in [0.2, 0.25) is 0 Å². The Labute approximate surface area is 107 Å². The molecule has 2 rings (SSSR count). The number of hydrogen-bond donors (Lipinski definition) is 3. The van der Waals surface area contributed by atoms with Crippen molar-refractivity contribution < 1.29 is 14.9 Å². The summed E-state index contributed by atoms with van der Waals surface area (Å²) >= 11 is 0. The predicted octanol–water partition coefficient (Wildman–Crippen LogP) is -1.76. The lowest BCUT2D eigenvalue weighted by molar-refractivity contribution is -0.0470. The number of ether oxygens (including phenoxy) is 1. The molecule has 0 saturated carbocycles. The molecule has 19 heavy (non-hydrogen) atoms. The number of aryl methyl sites for hydroxylation is 1. The standard InChI is InChI=1S/C11H13N3O5/c1-5-3-14(11(18)13-9(5)17)10-6(2-12)8(16)7(4-15)19-10/h3,6-8,10,15-16H,4H2,1H3,(H,13,17,18)/t6-,7-,8+,10-/m1/s1. The van der Waals surface area contributed by atoms with E-state index in [9.17, 15) is 14.7 Å². The third kappa shape index (κ3) is 2.19. The number of aromatic nitrogens is 2. The lowest BCUT2D eigenvalue weighted by atomic mass is 10.0. The summed E-state index contributed by atoms with van der Waals surface area (Å²) < 4.78 is 6.35. The predicted molar refractivity (Wildman–Crippen MR) is 62.2 cm³/mol. The highest BCUT2D eigenvalue weighted by Crippen LogP contribution is 2.33. The van der Waals surface area contributed by atoms with Gasteiger partial charge in [0.2, 0.25) is 0 Å². The molecular weight excluding hydrogens is 254 g/mol. The Morgan fingerprint density at radius 3 is 2.84 bits per heavy atom. The second-order valence-corrected chi connectivity index (χ2v) is 4.37. The maximum atomic E-state index is 11.7. The number of H-pyrrole nitrogens is 1. The minimum atomic E-state index is -1.20. The molecule has 0 aromatic carbocycles. The fourth-order valence-electron chi connectivity index (χ4n) is 2.05. The van der Waals surface area contributed by atoms with Crippen molar-refractivity contribution in [3.8, 4) is 6.07 Å². The van der Waals surface area contributed by atoms with E-state index in [-0.39, 0.29) is 5.56 Å². The molecule has 4 atom stereocenters. The molecule has 0 radical (unpaired) electrons. The van der Waals surface area contributed by atoms with E-state index < -0.39 is 42.2 Å². The highest BCUT2D eigenvalue weighted by atomic mass is 16.5. The van der Waals surface area contributed by atoms with Gasteiger partial charge in [-0.3, -0.25) is 14.3 Å². The molecule has 1 fully saturated rings. The van der Waals surface area contributed by atoms with Gasteiger partial charge >= 0.3 is 5.69 Å². The van der Waals surface area contributed by atoms with E-state index in [1.807, 2.05) is 6.07 Å². The van der Waals surface area contributed by atoms with E-state index in [4.69, 9.17) is 15.1 Å². The van der Waals surface area contributed by atoms with Crippen LogP contribution in [0.15, 0.2) is 15.8 Å². The molecule has 0 spiro atoms. The zero-order valence-electron chi connectivity index (χ0n) is 10.1. The van der Waals surface area contributed by atoms with Crippen LogP contribution in [0.5, 0.6) is 0 Å². The van der Waals surface area contributed by atoms with Crippen molar-refractivity contribution in [2.24, 2.45) is 5.92 Å². The Kier molecular flexibility index (Phi) is 3.53. The van der Waals surface area contributed by atoms with Crippen molar-refractivity contribution in [1.82, 2.24) is 9.55 Å². The van der Waals surface area contributed by atoms with Crippen LogP contribution >= 0.6 is 0 Å². The van der Waals surface area contributed by atoms with E-state index in [2.05, 4.69) is 4.98 Å². The van der Waals surface area contributed by atoms with Crippen LogP contribution in [-0.2, 0) is 4.74 Å². The number of aliphatic hydroxyl groups is 2. The van der Waals surface area contributed by atoms with Gasteiger partial charge in [-0.15, -0.1) is 0 Å². The Bertz CT molecular complexity index is 628. The molecule has 1 aliphatic heterocycles. The average Bonchev–Trinajstić information content (AvgIpc) is 2.70. The molecule has 3 N–H and O–H groups in total. The second kappa shape index (κ2) is 4.97. The molecule has 8 heteroatoms. The van der Waals surface area contributed by atoms with Gasteiger partial charge in [-0.2, -0.15) is 5.26 Å². The number of nitriles is 1. The fraction of sp³-hybridized carbons (Fsp3) is 0.545. The smallest absolute Gasteiger partial charge is 0.330 e. The number of aromatic amines is 1. The first-order chi connectivity index (χ1) is 8.99. The Morgan fingerprint density at radius 2 is 2.26 bits per heavy atom. The highest BCUT2D eigenvalue weighted by Gasteiger charge is 2.45. The summed E-state index contributed by atoms with van der Waals surface area (Å²) in [6, 6.07) is 1.85. The summed E-state index contributed by atoms with van der Waals surface area (Å²) in [7, 11) is 0. The van der Waals surface area contributed by atoms with Gasteiger partial charge < -0.3 is 14.9 Å². The molecule has 0 aliphatic carbocycles. The van der Waals surface area contributed by atoms with Crippen molar-refractivity contribution in [3.63, 3.8) is 0 Å². The van der Waals surface area contributed by atoms with E-state index in [0.717, 1.165) is 4.57 Å². The summed E-state index contributed by atoms with van der Waals surface area (Å²) in [5.74, 6) is -1.000. The van der Waals surface area contributed by atoms with Gasteiger partial charge in [-0.1, -0.05) is 0 Å². The fourth-order valence-corrected chi connectivity index (χ4v) is 2.05. The summed E-state index contributed by atoms with van der Waals surface area (Å²) in [5, 5.41) is 27.9. The molecule has 0 bridgehead atoms. The van der Waals surface area contributed by atoms with Crippen LogP contribution < -0.4 is 11.2 Å². The van der Waals surface area contributed by atoms with E-state index >= 15 is 0 Å². The quantitative estimate of drug-likeness (QED) is 0.582. The van der Waals surface area contributed by atoms with Gasteiger partial charge in [0.1, 0.15) is 18.1 Å². The van der Waals surface area contributed by atoms with Gasteiger partial charge in [-0.05, 0) is 6.92 Å².